The van der Waals surface area contributed by atoms with Crippen LogP contribution in [0.15, 0.2) is 91.0 Å². The molecule has 0 spiro atoms. The van der Waals surface area contributed by atoms with Gasteiger partial charge in [0.1, 0.15) is 0 Å². The van der Waals surface area contributed by atoms with Crippen molar-refractivity contribution in [2.45, 2.75) is 12.8 Å². The van der Waals surface area contributed by atoms with Gasteiger partial charge in [-0.3, -0.25) is 4.70 Å². The molecule has 2 atom stereocenters. The van der Waals surface area contributed by atoms with E-state index in [1.165, 1.54) is 15.9 Å². The van der Waals surface area contributed by atoms with Crippen LogP contribution in [0.5, 0.6) is 0 Å². The van der Waals surface area contributed by atoms with Gasteiger partial charge in [-0.05, 0) is 0 Å². The zero-order valence-corrected chi connectivity index (χ0v) is 18.9. The van der Waals surface area contributed by atoms with Gasteiger partial charge in [-0.2, -0.15) is 9.90 Å². The van der Waals surface area contributed by atoms with Crippen LogP contribution in [0.4, 0.5) is 4.70 Å². The first-order valence-corrected chi connectivity index (χ1v) is 10.1. The minimum Gasteiger partial charge on any atom is -1.00 e. The van der Waals surface area contributed by atoms with Crippen molar-refractivity contribution in [1.29, 1.82) is 0 Å². The number of methoxy groups -OCH3 is 1. The number of hydrogen-bond acceptors (Lipinski definition) is 1. The van der Waals surface area contributed by atoms with Crippen LogP contribution in [0.25, 0.3) is 0 Å². The second kappa shape index (κ2) is 16.1. The summed E-state index contributed by atoms with van der Waals surface area (Å²) in [6.45, 7) is 2.21. The summed E-state index contributed by atoms with van der Waals surface area (Å²) < 4.78 is 5.94. The summed E-state index contributed by atoms with van der Waals surface area (Å²) in [6, 6.07) is 32.5. The van der Waals surface area contributed by atoms with Crippen LogP contribution in [0, 0.1) is 0 Å². The maximum absolute atomic E-state index is 5.94. The molecular formula is C21H27BF4OP2. The molecule has 0 aliphatic rings. The molecule has 0 aliphatic heterocycles. The van der Waals surface area contributed by atoms with Crippen molar-refractivity contribution in [2.24, 2.45) is 0 Å². The SMILES string of the molecule is COC(C)[PH](c1ccccc1)(c1ccccc1)c1ccccc1.F.P.[B+3].[F-].[F-].[F-]. The molecule has 2 unspecified atom stereocenters. The molecule has 3 rings (SSSR count). The van der Waals surface area contributed by atoms with Crippen LogP contribution in [-0.4, -0.2) is 21.4 Å². The molecule has 0 fully saturated rings. The summed E-state index contributed by atoms with van der Waals surface area (Å²) in [6.07, 6.45) is 0. The Labute approximate surface area is 176 Å². The molecular weight excluding hydrogens is 417 g/mol. The van der Waals surface area contributed by atoms with Crippen LogP contribution in [0.1, 0.15) is 6.92 Å². The van der Waals surface area contributed by atoms with E-state index in [-0.39, 0.29) is 43.0 Å². The fourth-order valence-electron chi connectivity index (χ4n) is 3.48. The number of ether oxygens (including phenoxy) is 1. The van der Waals surface area contributed by atoms with E-state index >= 15 is 0 Å². The largest absolute Gasteiger partial charge is 3.00 e. The normalized spacial score (nSPS) is 10.7. The first-order valence-electron chi connectivity index (χ1n) is 7.99. The zero-order chi connectivity index (χ0) is 16.1. The summed E-state index contributed by atoms with van der Waals surface area (Å²) in [4.78, 5) is 0. The number of rotatable bonds is 5. The molecule has 0 amide bonds. The third kappa shape index (κ3) is 6.64. The van der Waals surface area contributed by atoms with Gasteiger partial charge in [0, 0.05) is 0 Å². The molecule has 158 valence electrons. The van der Waals surface area contributed by atoms with Crippen LogP contribution >= 0.6 is 17.2 Å². The Balaban J connectivity index is -0.000000521. The van der Waals surface area contributed by atoms with Crippen molar-refractivity contribution in [3.63, 3.8) is 0 Å². The maximum Gasteiger partial charge on any atom is 3.00 e. The van der Waals surface area contributed by atoms with Crippen molar-refractivity contribution in [3.8, 4) is 0 Å². The van der Waals surface area contributed by atoms with Crippen LogP contribution in [-0.2, 0) is 4.74 Å². The minimum atomic E-state index is -2.25. The van der Waals surface area contributed by atoms with Gasteiger partial charge in [0.25, 0.3) is 0 Å². The van der Waals surface area contributed by atoms with Gasteiger partial charge in [-0.1, -0.05) is 0 Å². The van der Waals surface area contributed by atoms with E-state index in [0.29, 0.717) is 0 Å². The molecule has 0 aromatic heterocycles. The van der Waals surface area contributed by atoms with Gasteiger partial charge in [0.2, 0.25) is 0 Å². The standard InChI is InChI=1S/C21H23OP.B.4FH.H3P/c1-18(22-2)23(19-12-6-3-7-13-19,20-14-8-4-9-15-20)21-16-10-5-11-17-21;;;;;;/h3-18,23H,1-2H3;;4*1H;1H3/q;+3;;;;;/p-3. The van der Waals surface area contributed by atoms with Gasteiger partial charge in [-0.15, -0.1) is 0 Å². The van der Waals surface area contributed by atoms with Crippen LogP contribution in [0.2, 0.25) is 0 Å². The summed E-state index contributed by atoms with van der Waals surface area (Å²) in [5.74, 6) is 0.134. The Morgan fingerprint density at radius 1 is 0.621 bits per heavy atom. The fraction of sp³-hybridized carbons (Fsp3) is 0.143. The van der Waals surface area contributed by atoms with Gasteiger partial charge >= 0.3 is 147 Å². The average Bonchev–Trinajstić information content (AvgIpc) is 2.65. The molecule has 0 saturated heterocycles. The van der Waals surface area contributed by atoms with E-state index in [2.05, 4.69) is 97.9 Å². The molecule has 3 aromatic rings. The minimum absolute atomic E-state index is 0. The van der Waals surface area contributed by atoms with Gasteiger partial charge in [0.15, 0.2) is 0 Å². The van der Waals surface area contributed by atoms with Crippen molar-refractivity contribution >= 4 is 41.5 Å². The van der Waals surface area contributed by atoms with Crippen molar-refractivity contribution in [3.05, 3.63) is 91.0 Å². The zero-order valence-electron chi connectivity index (χ0n) is 16.5. The smallest absolute Gasteiger partial charge is 1.00 e. The molecule has 0 radical (unpaired) electrons. The summed E-state index contributed by atoms with van der Waals surface area (Å²) in [7, 11) is -0.429. The van der Waals surface area contributed by atoms with Crippen molar-refractivity contribution in [1.82, 2.24) is 0 Å². The summed E-state index contributed by atoms with van der Waals surface area (Å²) >= 11 is 0. The average molecular weight is 444 g/mol. The molecule has 0 bridgehead atoms. The Hall–Kier alpha value is -1.74. The van der Waals surface area contributed by atoms with Crippen LogP contribution in [0.3, 0.4) is 0 Å². The monoisotopic (exact) mass is 444 g/mol. The fourth-order valence-corrected chi connectivity index (χ4v) is 8.40. The first-order chi connectivity index (χ1) is 11.3. The number of hydrogen-bond donors (Lipinski definition) is 0. The molecule has 0 saturated carbocycles. The van der Waals surface area contributed by atoms with E-state index in [9.17, 15) is 0 Å². The quantitative estimate of drug-likeness (QED) is 0.217. The second-order valence-corrected chi connectivity index (χ2v) is 9.95. The van der Waals surface area contributed by atoms with Crippen molar-refractivity contribution in [2.75, 3.05) is 7.11 Å². The number of benzene rings is 3. The Morgan fingerprint density at radius 2 is 0.862 bits per heavy atom. The molecule has 1 nitrogen and oxygen atoms in total. The topological polar surface area (TPSA) is 9.23 Å². The Morgan fingerprint density at radius 3 is 1.07 bits per heavy atom. The van der Waals surface area contributed by atoms with Gasteiger partial charge in [0.05, 0.1) is 0 Å². The molecule has 0 heterocycles. The van der Waals surface area contributed by atoms with Gasteiger partial charge in [-0.25, -0.2) is 0 Å². The predicted molar refractivity (Wildman–Crippen MR) is 122 cm³/mol. The van der Waals surface area contributed by atoms with Gasteiger partial charge < -0.3 is 14.1 Å². The summed E-state index contributed by atoms with van der Waals surface area (Å²) in [5, 5.41) is 4.14. The molecule has 29 heavy (non-hydrogen) atoms. The Kier molecular flexibility index (Phi) is 19.3. The molecule has 0 N–H and O–H groups in total. The van der Waals surface area contributed by atoms with E-state index < -0.39 is 7.26 Å². The Bertz CT molecular complexity index is 656. The summed E-state index contributed by atoms with van der Waals surface area (Å²) in [5.41, 5.74) is 0. The van der Waals surface area contributed by atoms with Crippen LogP contribution < -0.4 is 30.0 Å². The third-order valence-corrected chi connectivity index (χ3v) is 9.84. The molecule has 8 heteroatoms. The first kappa shape index (κ1) is 34.7. The predicted octanol–water partition coefficient (Wildman–Crippen LogP) is -5.45. The maximum atomic E-state index is 5.94. The van der Waals surface area contributed by atoms with E-state index in [0.717, 1.165) is 0 Å². The molecule has 3 aromatic carbocycles. The van der Waals surface area contributed by atoms with E-state index in [4.69, 9.17) is 4.74 Å². The van der Waals surface area contributed by atoms with E-state index in [1.807, 2.05) is 7.11 Å². The number of halogens is 4. The van der Waals surface area contributed by atoms with Crippen molar-refractivity contribution < 1.29 is 23.6 Å². The second-order valence-electron chi connectivity index (χ2n) is 5.78. The molecule has 0 aliphatic carbocycles. The third-order valence-electron chi connectivity index (χ3n) is 4.65. The van der Waals surface area contributed by atoms with E-state index in [1.54, 1.807) is 0 Å².